The molecule has 0 aliphatic rings. The normalized spacial score (nSPS) is 10.5. The minimum atomic E-state index is -1.32. The number of carbonyl (C=O) groups is 3. The fourth-order valence-corrected chi connectivity index (χ4v) is 2.70. The van der Waals surface area contributed by atoms with Gasteiger partial charge in [0.25, 0.3) is 5.91 Å². The van der Waals surface area contributed by atoms with E-state index in [0.717, 1.165) is 5.56 Å². The molecule has 3 N–H and O–H groups in total. The fraction of sp³-hybridized carbons (Fsp3) is 0.348. The molecule has 2 aromatic carbocycles. The van der Waals surface area contributed by atoms with E-state index in [2.05, 4.69) is 14.8 Å². The molecule has 2 aromatic rings. The maximum absolute atomic E-state index is 12.2. The Morgan fingerprint density at radius 2 is 1.62 bits per heavy atom. The molecule has 9 nitrogen and oxygen atoms in total. The lowest BCUT2D eigenvalue weighted by Gasteiger charge is -2.24. The molecule has 0 spiro atoms. The molecule has 0 radical (unpaired) electrons. The molecule has 0 atom stereocenters. The minimum Gasteiger partial charge on any atom is -0.476 e. The van der Waals surface area contributed by atoms with Crippen LogP contribution >= 0.6 is 24.0 Å². The number of amides is 1. The van der Waals surface area contributed by atoms with Crippen LogP contribution in [-0.4, -0.2) is 50.1 Å². The lowest BCUT2D eigenvalue weighted by molar-refractivity contribution is -0.168. The minimum absolute atomic E-state index is 0. The number of ether oxygens (including phenoxy) is 4. The van der Waals surface area contributed by atoms with Crippen molar-refractivity contribution < 1.29 is 33.3 Å². The number of carbonyl (C=O) groups excluding carboxylic acids is 3. The van der Waals surface area contributed by atoms with Crippen LogP contribution in [0, 0.1) is 0 Å². The second-order valence-electron chi connectivity index (χ2n) is 7.35. The van der Waals surface area contributed by atoms with Crippen LogP contribution in [0.15, 0.2) is 48.5 Å². The first-order chi connectivity index (χ1) is 15.7. The van der Waals surface area contributed by atoms with E-state index in [1.807, 2.05) is 12.1 Å². The molecule has 0 saturated heterocycles. The monoisotopic (exact) mass is 514 g/mol. The van der Waals surface area contributed by atoms with E-state index in [0.29, 0.717) is 29.3 Å². The molecule has 0 fully saturated rings. The van der Waals surface area contributed by atoms with Crippen LogP contribution in [0.5, 0.6) is 5.75 Å². The summed E-state index contributed by atoms with van der Waals surface area (Å²) in [5, 5.41) is 3.42. The molecule has 0 heterocycles. The highest BCUT2D eigenvalue weighted by Crippen LogP contribution is 2.20. The molecule has 0 unspecified atom stereocenters. The second-order valence-corrected chi connectivity index (χ2v) is 7.79. The van der Waals surface area contributed by atoms with Gasteiger partial charge in [-0.05, 0) is 62.2 Å². The van der Waals surface area contributed by atoms with E-state index in [1.165, 1.54) is 13.8 Å². The topological polar surface area (TPSA) is 126 Å². The van der Waals surface area contributed by atoms with Gasteiger partial charge in [0.1, 0.15) is 12.4 Å². The molecular formula is C23H28Cl2N2O7. The summed E-state index contributed by atoms with van der Waals surface area (Å²) in [7, 11) is 0. The maximum Gasteiger partial charge on any atom is 0.511 e. The molecule has 2 rings (SSSR count). The third-order valence-corrected chi connectivity index (χ3v) is 4.55. The van der Waals surface area contributed by atoms with E-state index in [4.69, 9.17) is 26.8 Å². The van der Waals surface area contributed by atoms with Gasteiger partial charge in [0.05, 0.1) is 0 Å². The highest BCUT2D eigenvalue weighted by molar-refractivity contribution is 6.30. The van der Waals surface area contributed by atoms with Gasteiger partial charge in [0.15, 0.2) is 5.60 Å². The third kappa shape index (κ3) is 9.86. The Hall–Kier alpha value is -3.01. The van der Waals surface area contributed by atoms with Gasteiger partial charge in [-0.25, -0.2) is 9.59 Å². The van der Waals surface area contributed by atoms with Gasteiger partial charge in [-0.3, -0.25) is 4.79 Å². The Labute approximate surface area is 209 Å². The highest BCUT2D eigenvalue weighted by atomic mass is 35.5. The highest BCUT2D eigenvalue weighted by Gasteiger charge is 2.32. The van der Waals surface area contributed by atoms with Crippen LogP contribution < -0.4 is 15.8 Å². The first-order valence-electron chi connectivity index (χ1n) is 10.2. The van der Waals surface area contributed by atoms with Gasteiger partial charge >= 0.3 is 12.1 Å². The van der Waals surface area contributed by atoms with Crippen molar-refractivity contribution >= 4 is 42.0 Å². The van der Waals surface area contributed by atoms with Crippen molar-refractivity contribution in [2.75, 3.05) is 26.5 Å². The summed E-state index contributed by atoms with van der Waals surface area (Å²) in [6.45, 7) is 3.08. The number of halogens is 2. The standard InChI is InChI=1S/C23H27ClN2O7.ClH/c1-23(2,21(28)31-15-32-22(29)30-14-12-25)33-19-9-3-16(4-10-19)11-13-26-20(27)17-5-7-18(24)8-6-17;/h3-10H,11-15,25H2,1-2H3,(H,26,27);1H. The van der Waals surface area contributed by atoms with Gasteiger partial charge in [-0.2, -0.15) is 0 Å². The van der Waals surface area contributed by atoms with Crippen molar-refractivity contribution in [2.24, 2.45) is 5.73 Å². The van der Waals surface area contributed by atoms with Crippen LogP contribution in [-0.2, 0) is 25.4 Å². The van der Waals surface area contributed by atoms with Gasteiger partial charge < -0.3 is 30.0 Å². The summed E-state index contributed by atoms with van der Waals surface area (Å²) >= 11 is 5.83. The lowest BCUT2D eigenvalue weighted by Crippen LogP contribution is -2.40. The summed E-state index contributed by atoms with van der Waals surface area (Å²) in [5.74, 6) is -0.444. The van der Waals surface area contributed by atoms with Crippen molar-refractivity contribution in [1.82, 2.24) is 5.32 Å². The largest absolute Gasteiger partial charge is 0.511 e. The van der Waals surface area contributed by atoms with Crippen LogP contribution in [0.1, 0.15) is 29.8 Å². The Morgan fingerprint density at radius 1 is 0.971 bits per heavy atom. The second kappa shape index (κ2) is 14.3. The number of benzene rings is 2. The van der Waals surface area contributed by atoms with E-state index >= 15 is 0 Å². The predicted molar refractivity (Wildman–Crippen MR) is 128 cm³/mol. The fourth-order valence-electron chi connectivity index (χ4n) is 2.57. The average Bonchev–Trinajstić information content (AvgIpc) is 2.79. The molecule has 186 valence electrons. The van der Waals surface area contributed by atoms with Gasteiger partial charge in [-0.1, -0.05) is 23.7 Å². The van der Waals surface area contributed by atoms with Crippen molar-refractivity contribution in [2.45, 2.75) is 25.9 Å². The van der Waals surface area contributed by atoms with Crippen LogP contribution in [0.4, 0.5) is 4.79 Å². The smallest absolute Gasteiger partial charge is 0.476 e. The van der Waals surface area contributed by atoms with Gasteiger partial charge in [-0.15, -0.1) is 12.4 Å². The first-order valence-corrected chi connectivity index (χ1v) is 10.6. The van der Waals surface area contributed by atoms with E-state index in [-0.39, 0.29) is 31.5 Å². The average molecular weight is 515 g/mol. The number of nitrogens with one attached hydrogen (secondary N) is 1. The summed E-state index contributed by atoms with van der Waals surface area (Å²) in [6.07, 6.45) is -0.366. The Morgan fingerprint density at radius 3 is 2.24 bits per heavy atom. The Bertz CT molecular complexity index is 935. The van der Waals surface area contributed by atoms with Gasteiger partial charge in [0.2, 0.25) is 6.79 Å². The van der Waals surface area contributed by atoms with E-state index in [1.54, 1.807) is 36.4 Å². The first kappa shape index (κ1) is 29.0. The van der Waals surface area contributed by atoms with Crippen LogP contribution in [0.25, 0.3) is 0 Å². The number of rotatable bonds is 11. The van der Waals surface area contributed by atoms with Crippen LogP contribution in [0.2, 0.25) is 5.02 Å². The summed E-state index contributed by atoms with van der Waals surface area (Å²) in [6, 6.07) is 13.8. The molecule has 0 saturated carbocycles. The third-order valence-electron chi connectivity index (χ3n) is 4.30. The Balaban J connectivity index is 0.00000578. The SMILES string of the molecule is CC(C)(Oc1ccc(CCNC(=O)c2ccc(Cl)cc2)cc1)C(=O)OCOC(=O)OCCN.Cl. The lowest BCUT2D eigenvalue weighted by atomic mass is 10.1. The number of hydrogen-bond acceptors (Lipinski definition) is 8. The van der Waals surface area contributed by atoms with E-state index in [9.17, 15) is 14.4 Å². The maximum atomic E-state index is 12.2. The predicted octanol–water partition coefficient (Wildman–Crippen LogP) is 3.50. The molecular weight excluding hydrogens is 487 g/mol. The molecule has 0 aliphatic heterocycles. The molecule has 34 heavy (non-hydrogen) atoms. The van der Waals surface area contributed by atoms with Crippen molar-refractivity contribution in [3.05, 3.63) is 64.7 Å². The van der Waals surface area contributed by atoms with Crippen molar-refractivity contribution in [1.29, 1.82) is 0 Å². The summed E-state index contributed by atoms with van der Waals surface area (Å²) < 4.78 is 19.8. The van der Waals surface area contributed by atoms with Gasteiger partial charge in [0, 0.05) is 23.7 Å². The quantitative estimate of drug-likeness (QED) is 0.344. The summed E-state index contributed by atoms with van der Waals surface area (Å²) in [5.41, 5.74) is 5.39. The zero-order chi connectivity index (χ0) is 24.3. The van der Waals surface area contributed by atoms with Crippen molar-refractivity contribution in [3.63, 3.8) is 0 Å². The zero-order valence-electron chi connectivity index (χ0n) is 18.9. The molecule has 0 aliphatic carbocycles. The summed E-state index contributed by atoms with van der Waals surface area (Å²) in [4.78, 5) is 35.5. The molecule has 0 aromatic heterocycles. The van der Waals surface area contributed by atoms with Crippen LogP contribution in [0.3, 0.4) is 0 Å². The number of nitrogens with two attached hydrogens (primary N) is 1. The molecule has 0 bridgehead atoms. The van der Waals surface area contributed by atoms with Crippen molar-refractivity contribution in [3.8, 4) is 5.75 Å². The number of esters is 1. The Kier molecular flexibility index (Phi) is 12.2. The molecule has 11 heteroatoms. The zero-order valence-corrected chi connectivity index (χ0v) is 20.4. The number of hydrogen-bond donors (Lipinski definition) is 2. The van der Waals surface area contributed by atoms with E-state index < -0.39 is 24.5 Å². The molecule has 1 amide bonds.